The molecule has 7 nitrogen and oxygen atoms in total. The molecule has 1 amide bonds. The molecule has 1 aromatic heterocycles. The molecule has 138 valence electrons. The van der Waals surface area contributed by atoms with Crippen molar-refractivity contribution in [2.75, 3.05) is 10.3 Å². The minimum Gasteiger partial charge on any atom is -0.326 e. The monoisotopic (exact) mass is 362 g/mol. The molecule has 0 atom stereocenters. The van der Waals surface area contributed by atoms with E-state index in [4.69, 9.17) is 0 Å². The molecule has 0 saturated heterocycles. The molecular weight excluding hydrogens is 340 g/mol. The van der Waals surface area contributed by atoms with Crippen molar-refractivity contribution in [2.45, 2.75) is 26.2 Å². The molecular formula is C20H22N6O. The van der Waals surface area contributed by atoms with Gasteiger partial charge in [0, 0.05) is 35.5 Å². The lowest BCUT2D eigenvalue weighted by atomic mass is 10.1. The molecule has 4 N–H and O–H groups in total. The number of fused-ring (bicyclic) bond motifs is 1. The predicted octanol–water partition coefficient (Wildman–Crippen LogP) is 3.66. The van der Waals surface area contributed by atoms with Crippen LogP contribution in [0.5, 0.6) is 0 Å². The first-order chi connectivity index (χ1) is 13.2. The Hall–Kier alpha value is -3.32. The van der Waals surface area contributed by atoms with E-state index in [0.29, 0.717) is 6.42 Å². The molecule has 0 radical (unpaired) electrons. The molecule has 3 aromatic rings. The number of carbonyl (C=O) groups excluding carboxylic acids is 1. The minimum atomic E-state index is 0.0440. The van der Waals surface area contributed by atoms with Crippen LogP contribution in [-0.4, -0.2) is 16.1 Å². The number of aromatic nitrogens is 2. The van der Waals surface area contributed by atoms with E-state index in [1.54, 1.807) is 0 Å². The van der Waals surface area contributed by atoms with E-state index < -0.39 is 0 Å². The zero-order valence-corrected chi connectivity index (χ0v) is 15.1. The Morgan fingerprint density at radius 2 is 2.15 bits per heavy atom. The summed E-state index contributed by atoms with van der Waals surface area (Å²) in [6.45, 7) is 2.08. The van der Waals surface area contributed by atoms with Gasteiger partial charge < -0.3 is 10.7 Å². The van der Waals surface area contributed by atoms with Gasteiger partial charge in [-0.25, -0.2) is 0 Å². The van der Waals surface area contributed by atoms with Gasteiger partial charge in [-0.2, -0.15) is 5.10 Å². The zero-order valence-electron chi connectivity index (χ0n) is 15.1. The molecule has 0 unspecified atom stereocenters. The van der Waals surface area contributed by atoms with Crippen LogP contribution >= 0.6 is 0 Å². The maximum atomic E-state index is 12.0. The first kappa shape index (κ1) is 17.1. The smallest absolute Gasteiger partial charge is 0.224 e. The Morgan fingerprint density at radius 1 is 1.22 bits per heavy atom. The third-order valence-electron chi connectivity index (χ3n) is 4.49. The Kier molecular flexibility index (Phi) is 4.76. The molecule has 1 aliphatic heterocycles. The second kappa shape index (κ2) is 7.51. The van der Waals surface area contributed by atoms with Gasteiger partial charge in [-0.05, 0) is 36.8 Å². The fourth-order valence-corrected chi connectivity index (χ4v) is 3.08. The van der Waals surface area contributed by atoms with Gasteiger partial charge in [0.2, 0.25) is 5.91 Å². The fourth-order valence-electron chi connectivity index (χ4n) is 3.08. The quantitative estimate of drug-likeness (QED) is 0.538. The van der Waals surface area contributed by atoms with Gasteiger partial charge in [-0.3, -0.25) is 14.9 Å². The molecule has 2 aromatic carbocycles. The molecule has 0 saturated carbocycles. The molecule has 1 aliphatic rings. The molecule has 4 rings (SSSR count). The van der Waals surface area contributed by atoms with Crippen molar-refractivity contribution < 1.29 is 4.79 Å². The molecule has 7 heteroatoms. The van der Waals surface area contributed by atoms with Gasteiger partial charge in [-0.15, -0.1) is 5.53 Å². The Morgan fingerprint density at radius 3 is 2.96 bits per heavy atom. The molecule has 0 bridgehead atoms. The summed E-state index contributed by atoms with van der Waals surface area (Å²) in [5.41, 5.74) is 10.5. The SMILES string of the molecule is CCCCC(=O)Nc1cccc(-c2n[nH]c3ccc(N4C=CNN4)cc23)c1. The van der Waals surface area contributed by atoms with E-state index in [1.807, 2.05) is 53.8 Å². The van der Waals surface area contributed by atoms with Gasteiger partial charge in [0.25, 0.3) is 0 Å². The Balaban J connectivity index is 1.63. The second-order valence-electron chi connectivity index (χ2n) is 6.48. The standard InChI is InChI=1S/C20H22N6O/c1-2-3-7-19(27)22-15-6-4-5-14(12-15)20-17-13-16(26-11-10-21-25-26)8-9-18(17)23-24-20/h4-6,8-13,21,25H,2-3,7H2,1H3,(H,22,27)(H,23,24). The van der Waals surface area contributed by atoms with Crippen LogP contribution in [0.25, 0.3) is 22.2 Å². The lowest BCUT2D eigenvalue weighted by Gasteiger charge is -2.15. The first-order valence-electron chi connectivity index (χ1n) is 9.10. The number of unbranched alkanes of at least 4 members (excludes halogenated alkanes) is 1. The van der Waals surface area contributed by atoms with E-state index in [2.05, 4.69) is 39.5 Å². The highest BCUT2D eigenvalue weighted by molar-refractivity contribution is 5.96. The summed E-state index contributed by atoms with van der Waals surface area (Å²) in [6, 6.07) is 13.9. The highest BCUT2D eigenvalue weighted by Crippen LogP contribution is 2.31. The number of hydrogen-bond acceptors (Lipinski definition) is 5. The summed E-state index contributed by atoms with van der Waals surface area (Å²) in [7, 11) is 0. The van der Waals surface area contributed by atoms with Crippen LogP contribution in [-0.2, 0) is 4.79 Å². The fraction of sp³-hybridized carbons (Fsp3) is 0.200. The number of H-pyrrole nitrogens is 1. The Bertz CT molecular complexity index is 993. The number of aromatic amines is 1. The van der Waals surface area contributed by atoms with Gasteiger partial charge in [-0.1, -0.05) is 25.5 Å². The van der Waals surface area contributed by atoms with Crippen LogP contribution in [0.1, 0.15) is 26.2 Å². The topological polar surface area (TPSA) is 85.1 Å². The minimum absolute atomic E-state index is 0.0440. The van der Waals surface area contributed by atoms with Crippen molar-refractivity contribution in [1.29, 1.82) is 0 Å². The number of amides is 1. The maximum absolute atomic E-state index is 12.0. The molecule has 2 heterocycles. The highest BCUT2D eigenvalue weighted by atomic mass is 16.1. The van der Waals surface area contributed by atoms with Crippen molar-refractivity contribution in [3.63, 3.8) is 0 Å². The van der Waals surface area contributed by atoms with E-state index in [-0.39, 0.29) is 5.91 Å². The van der Waals surface area contributed by atoms with Gasteiger partial charge in [0.15, 0.2) is 0 Å². The summed E-state index contributed by atoms with van der Waals surface area (Å²) < 4.78 is 0. The van der Waals surface area contributed by atoms with Crippen LogP contribution in [0.15, 0.2) is 54.9 Å². The van der Waals surface area contributed by atoms with E-state index in [0.717, 1.165) is 46.4 Å². The van der Waals surface area contributed by atoms with Crippen molar-refractivity contribution in [2.24, 2.45) is 0 Å². The number of anilines is 2. The number of hydrogen-bond donors (Lipinski definition) is 4. The number of rotatable bonds is 6. The molecule has 27 heavy (non-hydrogen) atoms. The first-order valence-corrected chi connectivity index (χ1v) is 9.10. The third kappa shape index (κ3) is 3.63. The number of hydrazine groups is 2. The Labute approximate surface area is 157 Å². The highest BCUT2D eigenvalue weighted by Gasteiger charge is 2.13. The summed E-state index contributed by atoms with van der Waals surface area (Å²) in [4.78, 5) is 12.0. The van der Waals surface area contributed by atoms with Crippen LogP contribution in [0.3, 0.4) is 0 Å². The normalized spacial score (nSPS) is 13.1. The van der Waals surface area contributed by atoms with Gasteiger partial charge >= 0.3 is 0 Å². The molecule has 0 fully saturated rings. The average molecular weight is 362 g/mol. The predicted molar refractivity (Wildman–Crippen MR) is 108 cm³/mol. The van der Waals surface area contributed by atoms with E-state index in [1.165, 1.54) is 0 Å². The van der Waals surface area contributed by atoms with E-state index >= 15 is 0 Å². The van der Waals surface area contributed by atoms with Crippen molar-refractivity contribution >= 4 is 28.2 Å². The van der Waals surface area contributed by atoms with Crippen LogP contribution in [0.2, 0.25) is 0 Å². The number of nitrogens with zero attached hydrogens (tertiary/aromatic N) is 2. The summed E-state index contributed by atoms with van der Waals surface area (Å²) >= 11 is 0. The van der Waals surface area contributed by atoms with Crippen molar-refractivity contribution in [3.05, 3.63) is 54.9 Å². The maximum Gasteiger partial charge on any atom is 0.224 e. The third-order valence-corrected chi connectivity index (χ3v) is 4.49. The molecule has 0 aliphatic carbocycles. The summed E-state index contributed by atoms with van der Waals surface area (Å²) in [5.74, 6) is 0.0440. The van der Waals surface area contributed by atoms with Crippen LogP contribution < -0.4 is 21.3 Å². The molecule has 0 spiro atoms. The number of nitrogens with one attached hydrogen (secondary N) is 4. The summed E-state index contributed by atoms with van der Waals surface area (Å²) in [5, 5.41) is 13.5. The second-order valence-corrected chi connectivity index (χ2v) is 6.48. The van der Waals surface area contributed by atoms with E-state index in [9.17, 15) is 4.79 Å². The van der Waals surface area contributed by atoms with Crippen molar-refractivity contribution in [3.8, 4) is 11.3 Å². The van der Waals surface area contributed by atoms with Crippen molar-refractivity contribution in [1.82, 2.24) is 21.2 Å². The van der Waals surface area contributed by atoms with Crippen LogP contribution in [0.4, 0.5) is 11.4 Å². The lowest BCUT2D eigenvalue weighted by molar-refractivity contribution is -0.116. The zero-order chi connectivity index (χ0) is 18.6. The largest absolute Gasteiger partial charge is 0.326 e. The summed E-state index contributed by atoms with van der Waals surface area (Å²) in [6.07, 6.45) is 6.18. The van der Waals surface area contributed by atoms with Gasteiger partial charge in [0.05, 0.1) is 11.2 Å². The number of carbonyl (C=O) groups is 1. The van der Waals surface area contributed by atoms with Crippen LogP contribution in [0, 0.1) is 0 Å². The lowest BCUT2D eigenvalue weighted by Crippen LogP contribution is -2.35. The average Bonchev–Trinajstić information content (AvgIpc) is 3.36. The van der Waals surface area contributed by atoms with Gasteiger partial charge in [0.1, 0.15) is 5.69 Å². The number of benzene rings is 2.